The number of amides is 1. The number of rotatable bonds is 13. The summed E-state index contributed by atoms with van der Waals surface area (Å²) < 4.78 is 23.5. The maximum absolute atomic E-state index is 13.3. The topological polar surface area (TPSA) is 144 Å². The molecule has 53 heavy (non-hydrogen) atoms. The van der Waals surface area contributed by atoms with E-state index in [2.05, 4.69) is 5.32 Å². The summed E-state index contributed by atoms with van der Waals surface area (Å²) in [5.74, 6) is -2.65. The molecule has 14 heteroatoms. The summed E-state index contributed by atoms with van der Waals surface area (Å²) in [6.45, 7) is -0.971. The van der Waals surface area contributed by atoms with E-state index in [-0.39, 0.29) is 17.7 Å². The lowest BCUT2D eigenvalue weighted by atomic mass is 9.99. The van der Waals surface area contributed by atoms with Crippen molar-refractivity contribution in [2.45, 2.75) is 34.7 Å². The molecule has 0 spiro atoms. The molecular weight excluding hydrogens is 719 g/mol. The molecule has 4 aromatic carbocycles. The van der Waals surface area contributed by atoms with Gasteiger partial charge in [-0.15, -0.1) is 0 Å². The first kappa shape index (κ1) is 38.9. The molecule has 1 saturated heterocycles. The minimum absolute atomic E-state index is 0.108. The third-order valence-electron chi connectivity index (χ3n) is 8.06. The largest absolute Gasteiger partial charge is 0.461 e. The molecule has 12 nitrogen and oxygen atoms in total. The summed E-state index contributed by atoms with van der Waals surface area (Å²) in [5.41, 5.74) is 0.208. The first-order valence-electron chi connectivity index (χ1n) is 16.6. The number of para-hydroxylation sites is 1. The molecule has 5 atom stereocenters. The van der Waals surface area contributed by atoms with Crippen molar-refractivity contribution in [2.75, 3.05) is 39.1 Å². The van der Waals surface area contributed by atoms with Crippen LogP contribution in [0.3, 0.4) is 0 Å². The van der Waals surface area contributed by atoms with Crippen LogP contribution in [0, 0.1) is 0 Å². The van der Waals surface area contributed by atoms with Crippen LogP contribution in [0.4, 0.5) is 5.69 Å². The summed E-state index contributed by atoms with van der Waals surface area (Å²) in [4.78, 5) is 56.1. The number of aliphatic hydroxyl groups excluding tert-OH is 1. The number of hydrogen-bond acceptors (Lipinski definition) is 11. The highest BCUT2D eigenvalue weighted by Crippen LogP contribution is 2.37. The highest BCUT2D eigenvalue weighted by molar-refractivity contribution is 7.99. The Morgan fingerprint density at radius 2 is 1.25 bits per heavy atom. The van der Waals surface area contributed by atoms with Crippen LogP contribution in [0.1, 0.15) is 20.7 Å². The molecule has 0 bridgehead atoms. The zero-order chi connectivity index (χ0) is 37.7. The van der Waals surface area contributed by atoms with Crippen LogP contribution in [0.25, 0.3) is 0 Å². The Hall–Kier alpha value is -5.28. The van der Waals surface area contributed by atoms with Gasteiger partial charge in [0.25, 0.3) is 0 Å². The zero-order valence-corrected chi connectivity index (χ0v) is 30.6. The summed E-state index contributed by atoms with van der Waals surface area (Å²) in [7, 11) is 3.10. The van der Waals surface area contributed by atoms with Gasteiger partial charge in [0.1, 0.15) is 30.8 Å². The Kier molecular flexibility index (Phi) is 13.9. The van der Waals surface area contributed by atoms with Gasteiger partial charge in [-0.2, -0.15) is 0 Å². The van der Waals surface area contributed by atoms with Gasteiger partial charge in [0.2, 0.25) is 5.91 Å². The van der Waals surface area contributed by atoms with Gasteiger partial charge in [0.15, 0.2) is 17.3 Å². The lowest BCUT2D eigenvalue weighted by Gasteiger charge is -2.43. The van der Waals surface area contributed by atoms with Crippen molar-refractivity contribution in [3.05, 3.63) is 132 Å². The number of anilines is 1. The number of aliphatic hydroxyl groups is 1. The van der Waals surface area contributed by atoms with E-state index >= 15 is 0 Å². The minimum atomic E-state index is -1.59. The number of esters is 3. The summed E-state index contributed by atoms with van der Waals surface area (Å²) in [5, 5.41) is 15.0. The van der Waals surface area contributed by atoms with Crippen molar-refractivity contribution in [2.24, 2.45) is 0 Å². The number of likely N-dealkylation sites (N-methyl/N-ethyl adjacent to an activating group) is 2. The van der Waals surface area contributed by atoms with Gasteiger partial charge < -0.3 is 39.2 Å². The number of ether oxygens (including phenoxy) is 4. The Labute approximate surface area is 317 Å². The van der Waals surface area contributed by atoms with E-state index in [0.29, 0.717) is 5.11 Å². The van der Waals surface area contributed by atoms with E-state index in [4.69, 9.17) is 31.2 Å². The average molecular weight is 758 g/mol. The number of thioether (sulfide) groups is 1. The van der Waals surface area contributed by atoms with Crippen LogP contribution < -0.4 is 5.32 Å². The lowest BCUT2D eigenvalue weighted by molar-refractivity contribution is -0.211. The molecule has 1 heterocycles. The van der Waals surface area contributed by atoms with E-state index in [9.17, 15) is 24.3 Å². The van der Waals surface area contributed by atoms with Crippen molar-refractivity contribution in [3.63, 3.8) is 0 Å². The number of nitrogens with one attached hydrogen (secondary N) is 1. The molecule has 1 aliphatic heterocycles. The van der Waals surface area contributed by atoms with Gasteiger partial charge in [0, 0.05) is 24.7 Å². The molecule has 1 amide bonds. The molecule has 0 aromatic heterocycles. The van der Waals surface area contributed by atoms with Gasteiger partial charge in [0.05, 0.1) is 17.7 Å². The van der Waals surface area contributed by atoms with Gasteiger partial charge in [-0.25, -0.2) is 9.59 Å². The van der Waals surface area contributed by atoms with Crippen LogP contribution in [-0.2, 0) is 28.5 Å². The standard InChI is InChI=1S/C39H39N3O9S2/c1-41(31(43)23-42(2)39(52)40-28-19-11-5-12-20-28)24-32(44)48-25-30-33(45)34(50-36(46)26-15-7-3-8-16-26)35(51-37(47)27-17-9-4-10-18-27)38(49-30)53-29-21-13-6-14-22-29/h3-22,30,33-35,38,45H,23-25H2,1-2H3,(H,40,52)/t30?,33-,34?,35?,38-/m0/s1. The summed E-state index contributed by atoms with van der Waals surface area (Å²) >= 11 is 6.58. The Morgan fingerprint density at radius 1 is 0.736 bits per heavy atom. The van der Waals surface area contributed by atoms with Crippen molar-refractivity contribution in [3.8, 4) is 0 Å². The molecule has 1 fully saturated rings. The maximum Gasteiger partial charge on any atom is 0.338 e. The predicted octanol–water partition coefficient (Wildman–Crippen LogP) is 4.65. The minimum Gasteiger partial charge on any atom is -0.461 e. The lowest BCUT2D eigenvalue weighted by Crippen LogP contribution is -2.60. The molecule has 0 radical (unpaired) electrons. The van der Waals surface area contributed by atoms with Gasteiger partial charge in [-0.05, 0) is 60.7 Å². The van der Waals surface area contributed by atoms with Crippen molar-refractivity contribution >= 4 is 58.6 Å². The molecule has 0 saturated carbocycles. The van der Waals surface area contributed by atoms with Crippen LogP contribution in [0.5, 0.6) is 0 Å². The number of nitrogens with zero attached hydrogens (tertiary/aromatic N) is 2. The highest BCUT2D eigenvalue weighted by Gasteiger charge is 2.50. The van der Waals surface area contributed by atoms with E-state index in [0.717, 1.165) is 10.6 Å². The second-order valence-electron chi connectivity index (χ2n) is 12.0. The first-order valence-corrected chi connectivity index (χ1v) is 17.9. The zero-order valence-electron chi connectivity index (χ0n) is 29.0. The fourth-order valence-electron chi connectivity index (χ4n) is 5.19. The number of thiocarbonyl (C=S) groups is 1. The van der Waals surface area contributed by atoms with Gasteiger partial charge in [-0.3, -0.25) is 9.59 Å². The molecule has 2 N–H and O–H groups in total. The molecule has 5 rings (SSSR count). The van der Waals surface area contributed by atoms with E-state index in [1.165, 1.54) is 23.7 Å². The van der Waals surface area contributed by atoms with E-state index in [1.807, 2.05) is 60.7 Å². The van der Waals surface area contributed by atoms with E-state index < -0.39 is 66.8 Å². The number of carbonyl (C=O) groups excluding carboxylic acids is 4. The molecule has 0 aliphatic carbocycles. The van der Waals surface area contributed by atoms with Gasteiger partial charge >= 0.3 is 17.9 Å². The van der Waals surface area contributed by atoms with Crippen LogP contribution in [-0.4, -0.2) is 107 Å². The third-order valence-corrected chi connectivity index (χ3v) is 9.63. The maximum atomic E-state index is 13.3. The quantitative estimate of drug-likeness (QED) is 0.111. The fraction of sp³-hybridized carbons (Fsp3) is 0.256. The molecular formula is C39H39N3O9S2. The predicted molar refractivity (Wildman–Crippen MR) is 202 cm³/mol. The Balaban J connectivity index is 1.28. The smallest absolute Gasteiger partial charge is 0.338 e. The van der Waals surface area contributed by atoms with Crippen LogP contribution >= 0.6 is 24.0 Å². The van der Waals surface area contributed by atoms with Gasteiger partial charge in [-0.1, -0.05) is 84.6 Å². The molecule has 1 aliphatic rings. The van der Waals surface area contributed by atoms with Crippen molar-refractivity contribution < 1.29 is 43.2 Å². The summed E-state index contributed by atoms with van der Waals surface area (Å²) in [6.07, 6.45) is -5.52. The number of carbonyl (C=O) groups is 4. The SMILES string of the molecule is CN(CC(=O)OCC1O[C@@H](Sc2ccccc2)C(OC(=O)c2ccccc2)C(OC(=O)c2ccccc2)[C@H]1O)C(=O)CN(C)C(=S)Nc1ccccc1. The van der Waals surface area contributed by atoms with Crippen LogP contribution in [0.2, 0.25) is 0 Å². The van der Waals surface area contributed by atoms with E-state index in [1.54, 1.807) is 72.6 Å². The second-order valence-corrected chi connectivity index (χ2v) is 13.6. The Bertz CT molecular complexity index is 1840. The van der Waals surface area contributed by atoms with Crippen LogP contribution in [0.15, 0.2) is 126 Å². The third kappa shape index (κ3) is 11.1. The highest BCUT2D eigenvalue weighted by atomic mass is 32.2. The molecule has 4 aromatic rings. The van der Waals surface area contributed by atoms with Crippen molar-refractivity contribution in [1.82, 2.24) is 9.80 Å². The van der Waals surface area contributed by atoms with Crippen molar-refractivity contribution in [1.29, 1.82) is 0 Å². The second kappa shape index (κ2) is 19.0. The fourth-order valence-corrected chi connectivity index (χ4v) is 6.49. The average Bonchev–Trinajstić information content (AvgIpc) is 3.17. The molecule has 3 unspecified atom stereocenters. The Morgan fingerprint density at radius 3 is 1.81 bits per heavy atom. The summed E-state index contributed by atoms with van der Waals surface area (Å²) in [6, 6.07) is 34.8. The normalized spacial score (nSPS) is 19.3. The first-order chi connectivity index (χ1) is 25.6. The monoisotopic (exact) mass is 757 g/mol. The number of benzene rings is 4. The number of hydrogen-bond donors (Lipinski definition) is 2. The molecule has 276 valence electrons.